The molecule has 1 aromatic carbocycles. The Morgan fingerprint density at radius 2 is 1.94 bits per heavy atom. The molecule has 0 radical (unpaired) electrons. The molecule has 2 bridgehead atoms. The summed E-state index contributed by atoms with van der Waals surface area (Å²) in [7, 11) is 2.12. The van der Waals surface area contributed by atoms with Crippen LogP contribution in [0.1, 0.15) is 36.9 Å². The van der Waals surface area contributed by atoms with Crippen LogP contribution in [0.4, 0.5) is 0 Å². The molecule has 0 N–H and O–H groups in total. The van der Waals surface area contributed by atoms with Crippen molar-refractivity contribution in [2.75, 3.05) is 33.2 Å². The fourth-order valence-corrected chi connectivity index (χ4v) is 5.72. The zero-order valence-corrected chi connectivity index (χ0v) is 18.6. The van der Waals surface area contributed by atoms with E-state index in [4.69, 9.17) is 0 Å². The number of aromatic nitrogens is 3. The minimum absolute atomic E-state index is 0.209. The third-order valence-electron chi connectivity index (χ3n) is 7.32. The molecule has 7 nitrogen and oxygen atoms in total. The molecule has 2 unspecified atom stereocenters. The Balaban J connectivity index is 1.15. The molecule has 4 atom stereocenters. The molecular weight excluding hydrogens is 388 g/mol. The molecule has 1 aromatic heterocycles. The quantitative estimate of drug-likeness (QED) is 0.685. The number of carbonyl (C=O) groups is 1. The molecule has 4 fully saturated rings. The number of carbonyl (C=O) groups excluding carboxylic acids is 1. The summed E-state index contributed by atoms with van der Waals surface area (Å²) in [5.74, 6) is 1.15. The largest absolute Gasteiger partial charge is 0.342 e. The molecule has 7 heteroatoms. The number of hydrogen-bond donors (Lipinski definition) is 0. The van der Waals surface area contributed by atoms with Crippen molar-refractivity contribution in [1.82, 2.24) is 29.7 Å². The summed E-state index contributed by atoms with van der Waals surface area (Å²) in [6.07, 6.45) is 6.70. The minimum atomic E-state index is 0.209. The smallest absolute Gasteiger partial charge is 0.227 e. The predicted molar refractivity (Wildman–Crippen MR) is 119 cm³/mol. The Morgan fingerprint density at radius 3 is 2.68 bits per heavy atom. The Hall–Kier alpha value is -2.25. The SMILES string of the molecule is CN(Cc1ccccc1)Cc1cn(C[C@H]2CC3CCN2C[C@@H]3C(=O)N2CCCC2)nn1. The van der Waals surface area contributed by atoms with E-state index in [0.29, 0.717) is 17.9 Å². The standard InChI is InChI=1S/C24H34N6O/c1-27(14-19-7-3-2-4-8-19)15-21-16-30(26-25-21)17-22-13-20-9-12-29(22)18-23(20)24(31)28-10-5-6-11-28/h2-4,7-8,16,20,22-23H,5-6,9-15,17-18H2,1H3/t20?,22-,23+/m1/s1. The highest BCUT2D eigenvalue weighted by atomic mass is 16.2. The van der Waals surface area contributed by atoms with Gasteiger partial charge >= 0.3 is 0 Å². The molecule has 4 aliphatic rings. The summed E-state index contributed by atoms with van der Waals surface area (Å²) < 4.78 is 2.01. The van der Waals surface area contributed by atoms with Gasteiger partial charge in [-0.15, -0.1) is 5.10 Å². The van der Waals surface area contributed by atoms with E-state index in [1.807, 2.05) is 10.7 Å². The highest BCUT2D eigenvalue weighted by molar-refractivity contribution is 5.80. The van der Waals surface area contributed by atoms with Crippen molar-refractivity contribution in [2.45, 2.75) is 51.4 Å². The number of fused-ring (bicyclic) bond motifs is 3. The molecule has 6 rings (SSSR count). The second-order valence-corrected chi connectivity index (χ2v) is 9.66. The third kappa shape index (κ3) is 4.67. The lowest BCUT2D eigenvalue weighted by Crippen LogP contribution is -2.58. The second-order valence-electron chi connectivity index (χ2n) is 9.66. The van der Waals surface area contributed by atoms with E-state index in [2.05, 4.69) is 62.5 Å². The van der Waals surface area contributed by atoms with Gasteiger partial charge in [-0.05, 0) is 50.8 Å². The lowest BCUT2D eigenvalue weighted by molar-refractivity contribution is -0.142. The van der Waals surface area contributed by atoms with Gasteiger partial charge < -0.3 is 4.90 Å². The average molecular weight is 423 g/mol. The van der Waals surface area contributed by atoms with Crippen LogP contribution in [0.2, 0.25) is 0 Å². The number of hydrogen-bond acceptors (Lipinski definition) is 5. The van der Waals surface area contributed by atoms with Crippen LogP contribution in [0.15, 0.2) is 36.5 Å². The van der Waals surface area contributed by atoms with E-state index in [1.165, 1.54) is 18.4 Å². The first-order valence-corrected chi connectivity index (χ1v) is 11.8. The zero-order chi connectivity index (χ0) is 21.2. The maximum atomic E-state index is 13.0. The Labute approximate surface area is 185 Å². The summed E-state index contributed by atoms with van der Waals surface area (Å²) in [6.45, 7) is 6.53. The zero-order valence-electron chi connectivity index (χ0n) is 18.6. The highest BCUT2D eigenvalue weighted by Crippen LogP contribution is 2.38. The van der Waals surface area contributed by atoms with Crippen LogP contribution in [0.3, 0.4) is 0 Å². The molecule has 1 amide bonds. The lowest BCUT2D eigenvalue weighted by atomic mass is 9.75. The average Bonchev–Trinajstić information content (AvgIpc) is 3.47. The maximum absolute atomic E-state index is 13.0. The Kier molecular flexibility index (Phi) is 6.05. The minimum Gasteiger partial charge on any atom is -0.342 e. The van der Waals surface area contributed by atoms with Gasteiger partial charge in [0.2, 0.25) is 5.91 Å². The predicted octanol–water partition coefficient (Wildman–Crippen LogP) is 2.24. The van der Waals surface area contributed by atoms with Gasteiger partial charge in [0, 0.05) is 45.0 Å². The summed E-state index contributed by atoms with van der Waals surface area (Å²) in [5.41, 5.74) is 2.32. The van der Waals surface area contributed by atoms with Crippen LogP contribution in [0.5, 0.6) is 0 Å². The molecule has 166 valence electrons. The van der Waals surface area contributed by atoms with Crippen LogP contribution in [0.25, 0.3) is 0 Å². The summed E-state index contributed by atoms with van der Waals surface area (Å²) in [6, 6.07) is 11.0. The molecule has 31 heavy (non-hydrogen) atoms. The fraction of sp³-hybridized carbons (Fsp3) is 0.625. The molecule has 0 aliphatic carbocycles. The van der Waals surface area contributed by atoms with Gasteiger partial charge in [-0.1, -0.05) is 35.5 Å². The van der Waals surface area contributed by atoms with Crippen molar-refractivity contribution in [2.24, 2.45) is 11.8 Å². The number of nitrogens with zero attached hydrogens (tertiary/aromatic N) is 6. The Bertz CT molecular complexity index is 877. The molecule has 0 spiro atoms. The number of piperidine rings is 3. The van der Waals surface area contributed by atoms with Crippen molar-refractivity contribution < 1.29 is 4.79 Å². The van der Waals surface area contributed by atoms with Crippen molar-refractivity contribution >= 4 is 5.91 Å². The lowest BCUT2D eigenvalue weighted by Gasteiger charge is -2.49. The molecule has 4 saturated heterocycles. The van der Waals surface area contributed by atoms with Gasteiger partial charge in [-0.25, -0.2) is 0 Å². The monoisotopic (exact) mass is 422 g/mol. The number of likely N-dealkylation sites (tertiary alicyclic amines) is 1. The van der Waals surface area contributed by atoms with E-state index in [-0.39, 0.29) is 5.92 Å². The van der Waals surface area contributed by atoms with E-state index in [1.54, 1.807) is 0 Å². The molecule has 0 saturated carbocycles. The van der Waals surface area contributed by atoms with Crippen LogP contribution in [-0.2, 0) is 24.4 Å². The molecule has 2 aromatic rings. The van der Waals surface area contributed by atoms with Crippen LogP contribution in [-0.4, -0.2) is 74.9 Å². The number of rotatable bonds is 7. The van der Waals surface area contributed by atoms with Gasteiger partial charge in [0.05, 0.1) is 18.2 Å². The van der Waals surface area contributed by atoms with Crippen molar-refractivity contribution in [3.63, 3.8) is 0 Å². The van der Waals surface area contributed by atoms with E-state index < -0.39 is 0 Å². The van der Waals surface area contributed by atoms with Gasteiger partial charge in [0.1, 0.15) is 0 Å². The first-order chi connectivity index (χ1) is 15.2. The van der Waals surface area contributed by atoms with E-state index in [0.717, 1.165) is 64.3 Å². The second kappa shape index (κ2) is 9.09. The van der Waals surface area contributed by atoms with Crippen molar-refractivity contribution in [3.05, 3.63) is 47.8 Å². The highest BCUT2D eigenvalue weighted by Gasteiger charge is 2.44. The van der Waals surface area contributed by atoms with Crippen LogP contribution >= 0.6 is 0 Å². The van der Waals surface area contributed by atoms with Crippen molar-refractivity contribution in [3.8, 4) is 0 Å². The van der Waals surface area contributed by atoms with Gasteiger partial charge in [0.15, 0.2) is 0 Å². The molecule has 4 aliphatic heterocycles. The topological polar surface area (TPSA) is 57.5 Å². The van der Waals surface area contributed by atoms with Crippen LogP contribution < -0.4 is 0 Å². The van der Waals surface area contributed by atoms with Gasteiger partial charge in [-0.3, -0.25) is 19.3 Å². The summed E-state index contributed by atoms with van der Waals surface area (Å²) in [4.78, 5) is 19.9. The van der Waals surface area contributed by atoms with E-state index in [9.17, 15) is 4.79 Å². The first kappa shape index (κ1) is 20.6. The van der Waals surface area contributed by atoms with Crippen molar-refractivity contribution in [1.29, 1.82) is 0 Å². The van der Waals surface area contributed by atoms with Crippen LogP contribution in [0, 0.1) is 11.8 Å². The first-order valence-electron chi connectivity index (χ1n) is 11.8. The third-order valence-corrected chi connectivity index (χ3v) is 7.32. The summed E-state index contributed by atoms with van der Waals surface area (Å²) in [5, 5.41) is 8.82. The van der Waals surface area contributed by atoms with Gasteiger partial charge in [-0.2, -0.15) is 0 Å². The summed E-state index contributed by atoms with van der Waals surface area (Å²) >= 11 is 0. The fourth-order valence-electron chi connectivity index (χ4n) is 5.72. The number of amides is 1. The van der Waals surface area contributed by atoms with E-state index >= 15 is 0 Å². The molecule has 5 heterocycles. The normalized spacial score (nSPS) is 27.9. The Morgan fingerprint density at radius 1 is 1.13 bits per heavy atom. The molecular formula is C24H34N6O. The number of benzene rings is 1. The van der Waals surface area contributed by atoms with Gasteiger partial charge in [0.25, 0.3) is 0 Å². The maximum Gasteiger partial charge on any atom is 0.227 e.